The van der Waals surface area contributed by atoms with E-state index in [1.807, 2.05) is 6.07 Å². The topological polar surface area (TPSA) is 21.3 Å². The minimum absolute atomic E-state index is 0.287. The summed E-state index contributed by atoms with van der Waals surface area (Å²) in [5.74, 6) is 1.93. The Kier molecular flexibility index (Phi) is 3.30. The van der Waals surface area contributed by atoms with Crippen LogP contribution < -0.4 is 10.1 Å². The van der Waals surface area contributed by atoms with Gasteiger partial charge in [-0.05, 0) is 40.3 Å². The Hall–Kier alpha value is -2.74. The van der Waals surface area contributed by atoms with Crippen molar-refractivity contribution in [1.29, 1.82) is 0 Å². The van der Waals surface area contributed by atoms with Gasteiger partial charge in [-0.3, -0.25) is 0 Å². The highest BCUT2D eigenvalue weighted by molar-refractivity contribution is 5.87. The van der Waals surface area contributed by atoms with E-state index in [2.05, 4.69) is 72.1 Å². The normalized spacial score (nSPS) is 23.8. The number of nitrogens with one attached hydrogen (secondary N) is 1. The number of methoxy groups -OCH3 is 1. The standard InChI is InChI=1S/C23H21NO/c1-25-21-14-6-13-20-17-10-5-12-19(17)22(24-23(20)21)18-11-4-8-15-7-2-3-9-16(15)18/h2-11,13-14,17,19,22,24H,12H2,1H3/t17-,19+,22-/m1/s1. The zero-order valence-electron chi connectivity index (χ0n) is 14.3. The second-order valence-electron chi connectivity index (χ2n) is 6.97. The summed E-state index contributed by atoms with van der Waals surface area (Å²) in [6.45, 7) is 0. The second kappa shape index (κ2) is 5.66. The molecule has 2 nitrogen and oxygen atoms in total. The van der Waals surface area contributed by atoms with Crippen molar-refractivity contribution in [1.82, 2.24) is 0 Å². The number of benzene rings is 3. The first-order valence-electron chi connectivity index (χ1n) is 8.94. The van der Waals surface area contributed by atoms with Gasteiger partial charge in [0.25, 0.3) is 0 Å². The maximum Gasteiger partial charge on any atom is 0.142 e. The molecule has 1 aliphatic heterocycles. The van der Waals surface area contributed by atoms with Crippen molar-refractivity contribution < 1.29 is 4.74 Å². The van der Waals surface area contributed by atoms with Gasteiger partial charge in [-0.15, -0.1) is 0 Å². The molecule has 2 heteroatoms. The van der Waals surface area contributed by atoms with E-state index < -0.39 is 0 Å². The van der Waals surface area contributed by atoms with Gasteiger partial charge in [0.15, 0.2) is 0 Å². The zero-order valence-corrected chi connectivity index (χ0v) is 14.3. The zero-order chi connectivity index (χ0) is 16.8. The molecule has 1 heterocycles. The van der Waals surface area contributed by atoms with Crippen molar-refractivity contribution in [3.05, 3.63) is 83.9 Å². The van der Waals surface area contributed by atoms with Crippen LogP contribution in [0.3, 0.4) is 0 Å². The van der Waals surface area contributed by atoms with E-state index in [9.17, 15) is 0 Å². The van der Waals surface area contributed by atoms with Gasteiger partial charge >= 0.3 is 0 Å². The van der Waals surface area contributed by atoms with Crippen LogP contribution in [-0.2, 0) is 0 Å². The number of allylic oxidation sites excluding steroid dienone is 2. The molecule has 1 aliphatic carbocycles. The van der Waals surface area contributed by atoms with E-state index in [0.717, 1.165) is 17.9 Å². The van der Waals surface area contributed by atoms with Crippen LogP contribution in [0, 0.1) is 5.92 Å². The summed E-state index contributed by atoms with van der Waals surface area (Å²) < 4.78 is 5.65. The minimum atomic E-state index is 0.287. The number of ether oxygens (including phenoxy) is 1. The van der Waals surface area contributed by atoms with Gasteiger partial charge < -0.3 is 10.1 Å². The van der Waals surface area contributed by atoms with Gasteiger partial charge in [0.1, 0.15) is 5.75 Å². The minimum Gasteiger partial charge on any atom is -0.495 e. The summed E-state index contributed by atoms with van der Waals surface area (Å²) in [6.07, 6.45) is 5.83. The summed E-state index contributed by atoms with van der Waals surface area (Å²) in [5.41, 5.74) is 3.89. The molecule has 1 N–H and O–H groups in total. The smallest absolute Gasteiger partial charge is 0.142 e. The molecule has 0 saturated heterocycles. The van der Waals surface area contributed by atoms with Gasteiger partial charge in [-0.2, -0.15) is 0 Å². The van der Waals surface area contributed by atoms with Crippen LogP contribution in [0.2, 0.25) is 0 Å². The molecule has 0 unspecified atom stereocenters. The van der Waals surface area contributed by atoms with Crippen molar-refractivity contribution in [3.63, 3.8) is 0 Å². The molecule has 124 valence electrons. The van der Waals surface area contributed by atoms with E-state index in [-0.39, 0.29) is 6.04 Å². The summed E-state index contributed by atoms with van der Waals surface area (Å²) in [5, 5.41) is 6.47. The molecule has 25 heavy (non-hydrogen) atoms. The average molecular weight is 327 g/mol. The van der Waals surface area contributed by atoms with E-state index in [0.29, 0.717) is 11.8 Å². The van der Waals surface area contributed by atoms with Crippen LogP contribution in [0.4, 0.5) is 5.69 Å². The molecule has 5 rings (SSSR count). The fraction of sp³-hybridized carbons (Fsp3) is 0.217. The molecule has 3 atom stereocenters. The lowest BCUT2D eigenvalue weighted by molar-refractivity contribution is 0.398. The van der Waals surface area contributed by atoms with Crippen LogP contribution in [-0.4, -0.2) is 7.11 Å². The van der Waals surface area contributed by atoms with Crippen molar-refractivity contribution in [2.24, 2.45) is 5.92 Å². The molecule has 0 amide bonds. The van der Waals surface area contributed by atoms with E-state index >= 15 is 0 Å². The third-order valence-corrected chi connectivity index (χ3v) is 5.74. The van der Waals surface area contributed by atoms with Crippen molar-refractivity contribution >= 4 is 16.5 Å². The molecule has 0 spiro atoms. The average Bonchev–Trinajstić information content (AvgIpc) is 3.16. The van der Waals surface area contributed by atoms with E-state index in [1.165, 1.54) is 21.9 Å². The molecule has 2 aliphatic rings. The molecule has 0 bridgehead atoms. The summed E-state index contributed by atoms with van der Waals surface area (Å²) >= 11 is 0. The molecule has 0 saturated carbocycles. The van der Waals surface area contributed by atoms with Crippen LogP contribution >= 0.6 is 0 Å². The van der Waals surface area contributed by atoms with E-state index in [1.54, 1.807) is 7.11 Å². The van der Waals surface area contributed by atoms with E-state index in [4.69, 9.17) is 4.74 Å². The second-order valence-corrected chi connectivity index (χ2v) is 6.97. The maximum absolute atomic E-state index is 5.65. The quantitative estimate of drug-likeness (QED) is 0.612. The number of para-hydroxylation sites is 1. The third-order valence-electron chi connectivity index (χ3n) is 5.74. The van der Waals surface area contributed by atoms with Crippen LogP contribution in [0.5, 0.6) is 5.75 Å². The van der Waals surface area contributed by atoms with Crippen molar-refractivity contribution in [3.8, 4) is 5.75 Å². The molecule has 0 fully saturated rings. The maximum atomic E-state index is 5.65. The summed E-state index contributed by atoms with van der Waals surface area (Å²) in [7, 11) is 1.75. The Morgan fingerprint density at radius 3 is 2.64 bits per heavy atom. The Labute approximate surface area is 148 Å². The predicted octanol–water partition coefficient (Wildman–Crippen LogP) is 5.67. The monoisotopic (exact) mass is 327 g/mol. The Bertz CT molecular complexity index is 969. The Balaban J connectivity index is 1.70. The first-order chi connectivity index (χ1) is 12.4. The van der Waals surface area contributed by atoms with Gasteiger partial charge in [0, 0.05) is 5.92 Å². The molecular weight excluding hydrogens is 306 g/mol. The first-order valence-corrected chi connectivity index (χ1v) is 8.94. The summed E-state index contributed by atoms with van der Waals surface area (Å²) in [4.78, 5) is 0. The molecule has 0 aromatic heterocycles. The fourth-order valence-electron chi connectivity index (χ4n) is 4.59. The van der Waals surface area contributed by atoms with Gasteiger partial charge in [0.2, 0.25) is 0 Å². The lowest BCUT2D eigenvalue weighted by atomic mass is 9.76. The third kappa shape index (κ3) is 2.17. The summed E-state index contributed by atoms with van der Waals surface area (Å²) in [6, 6.07) is 22.0. The molecular formula is C23H21NO. The largest absolute Gasteiger partial charge is 0.495 e. The number of rotatable bonds is 2. The highest BCUT2D eigenvalue weighted by Gasteiger charge is 2.39. The number of hydrogen-bond acceptors (Lipinski definition) is 2. The van der Waals surface area contributed by atoms with Crippen molar-refractivity contribution in [2.45, 2.75) is 18.4 Å². The first kappa shape index (κ1) is 14.6. The number of anilines is 1. The predicted molar refractivity (Wildman–Crippen MR) is 103 cm³/mol. The SMILES string of the molecule is COc1cccc2c1N[C@H](c1cccc3ccccc13)[C@H]1CC=C[C@@H]21. The molecule has 3 aromatic rings. The van der Waals surface area contributed by atoms with Crippen molar-refractivity contribution in [2.75, 3.05) is 12.4 Å². The Morgan fingerprint density at radius 1 is 0.920 bits per heavy atom. The van der Waals surface area contributed by atoms with Crippen LogP contribution in [0.15, 0.2) is 72.8 Å². The van der Waals surface area contributed by atoms with Gasteiger partial charge in [0.05, 0.1) is 18.8 Å². The number of fused-ring (bicyclic) bond motifs is 4. The highest BCUT2D eigenvalue weighted by Crippen LogP contribution is 2.52. The number of hydrogen-bond donors (Lipinski definition) is 1. The lowest BCUT2D eigenvalue weighted by Crippen LogP contribution is -2.29. The molecule has 0 radical (unpaired) electrons. The molecule has 3 aromatic carbocycles. The van der Waals surface area contributed by atoms with Gasteiger partial charge in [-0.1, -0.05) is 66.7 Å². The van der Waals surface area contributed by atoms with Crippen LogP contribution in [0.25, 0.3) is 10.8 Å². The highest BCUT2D eigenvalue weighted by atomic mass is 16.5. The Morgan fingerprint density at radius 2 is 1.72 bits per heavy atom. The fourth-order valence-corrected chi connectivity index (χ4v) is 4.59. The van der Waals surface area contributed by atoms with Gasteiger partial charge in [-0.25, -0.2) is 0 Å². The van der Waals surface area contributed by atoms with Crippen LogP contribution in [0.1, 0.15) is 29.5 Å². The lowest BCUT2D eigenvalue weighted by Gasteiger charge is -2.38.